The lowest BCUT2D eigenvalue weighted by Crippen LogP contribution is -2.33. The molecule has 0 unspecified atom stereocenters. The number of nitrogens with two attached hydrogens (primary N) is 2. The number of nitrogen functional groups attached to an aromatic ring is 2. The van der Waals surface area contributed by atoms with Crippen molar-refractivity contribution in [3.05, 3.63) is 106 Å². The van der Waals surface area contributed by atoms with Gasteiger partial charge in [-0.15, -0.1) is 0 Å². The molecule has 3 aromatic heterocycles. The first-order valence-electron chi connectivity index (χ1n) is 11.3. The summed E-state index contributed by atoms with van der Waals surface area (Å²) < 4.78 is 30.1. The van der Waals surface area contributed by atoms with Crippen LogP contribution in [0.5, 0.6) is 0 Å². The number of fused-ring (bicyclic) bond motifs is 1. The number of nitrogens with one attached hydrogen (secondary N) is 2. The number of amides is 1. The Balaban J connectivity index is 1.77. The van der Waals surface area contributed by atoms with E-state index in [1.807, 2.05) is 0 Å². The Morgan fingerprint density at radius 3 is 2.61 bits per heavy atom. The maximum Gasteiger partial charge on any atom is 0.282 e. The van der Waals surface area contributed by atoms with Crippen molar-refractivity contribution < 1.29 is 13.2 Å². The van der Waals surface area contributed by atoms with Gasteiger partial charge in [0.1, 0.15) is 11.5 Å². The maximum atomic E-state index is 13.8. The highest BCUT2D eigenvalue weighted by Gasteiger charge is 2.29. The lowest BCUT2D eigenvalue weighted by molar-refractivity contribution is 0.0974. The molecule has 2 aromatic carbocycles. The van der Waals surface area contributed by atoms with Gasteiger partial charge in [-0.1, -0.05) is 17.7 Å². The first-order chi connectivity index (χ1) is 18.1. The summed E-state index contributed by atoms with van der Waals surface area (Å²) in [5.74, 6) is -0.669. The third kappa shape index (κ3) is 4.72. The second kappa shape index (κ2) is 9.69. The largest absolute Gasteiger partial charge is 0.399 e. The van der Waals surface area contributed by atoms with Gasteiger partial charge in [0.15, 0.2) is 0 Å². The number of halogens is 1. The average molecular weight is 549 g/mol. The van der Waals surface area contributed by atoms with Gasteiger partial charge < -0.3 is 21.0 Å². The summed E-state index contributed by atoms with van der Waals surface area (Å²) >= 11 is 6.31. The number of H-pyrrole nitrogens is 1. The van der Waals surface area contributed by atoms with Crippen LogP contribution in [-0.2, 0) is 16.6 Å². The number of sulfonamides is 1. The van der Waals surface area contributed by atoms with Crippen molar-refractivity contribution in [1.82, 2.24) is 19.3 Å². The Bertz CT molecular complexity index is 1880. The predicted molar refractivity (Wildman–Crippen MR) is 146 cm³/mol. The van der Waals surface area contributed by atoms with Crippen molar-refractivity contribution in [2.24, 2.45) is 0 Å². The Kier molecular flexibility index (Phi) is 6.39. The van der Waals surface area contributed by atoms with Crippen LogP contribution in [0.4, 0.5) is 11.5 Å². The van der Waals surface area contributed by atoms with Gasteiger partial charge in [0.05, 0.1) is 4.90 Å². The number of aromatic nitrogens is 3. The van der Waals surface area contributed by atoms with Gasteiger partial charge in [-0.25, -0.2) is 18.1 Å². The van der Waals surface area contributed by atoms with E-state index in [1.54, 1.807) is 47.0 Å². The molecule has 38 heavy (non-hydrogen) atoms. The summed E-state index contributed by atoms with van der Waals surface area (Å²) in [4.78, 5) is 33.1. The summed E-state index contributed by atoms with van der Waals surface area (Å²) in [6.45, 7) is 0.122. The number of anilines is 2. The smallest absolute Gasteiger partial charge is 0.282 e. The first-order valence-corrected chi connectivity index (χ1v) is 13.1. The first kappa shape index (κ1) is 25.1. The van der Waals surface area contributed by atoms with Crippen molar-refractivity contribution in [2.75, 3.05) is 11.5 Å². The summed E-state index contributed by atoms with van der Waals surface area (Å²) in [6.07, 6.45) is 2.99. The average Bonchev–Trinajstić information content (AvgIpc) is 3.17. The fourth-order valence-electron chi connectivity index (χ4n) is 4.30. The molecule has 0 radical (unpaired) electrons. The molecule has 0 aliphatic heterocycles. The summed E-state index contributed by atoms with van der Waals surface area (Å²) in [5.41, 5.74) is 13.0. The Morgan fingerprint density at radius 1 is 1.05 bits per heavy atom. The predicted octanol–water partition coefficient (Wildman–Crippen LogP) is 3.38. The number of carbonyl (C=O) groups is 1. The molecule has 5 aromatic rings. The fraction of sp³-hybridized carbons (Fsp3) is 0.0385. The molecule has 3 heterocycles. The van der Waals surface area contributed by atoms with Crippen molar-refractivity contribution >= 4 is 49.9 Å². The third-order valence-electron chi connectivity index (χ3n) is 5.91. The molecule has 0 bridgehead atoms. The molecule has 10 nitrogen and oxygen atoms in total. The van der Waals surface area contributed by atoms with Gasteiger partial charge in [0, 0.05) is 51.7 Å². The fourth-order valence-corrected chi connectivity index (χ4v) is 5.48. The molecular weight excluding hydrogens is 528 g/mol. The third-order valence-corrected chi connectivity index (χ3v) is 7.47. The SMILES string of the molecule is Nc1cccc(S(=O)(=O)NC(=O)c2c(-c3ccc[nH]c3=O)c3cc(Cl)ccc3n2Cc2ccnc(N)c2)c1. The van der Waals surface area contributed by atoms with Gasteiger partial charge >= 0.3 is 0 Å². The van der Waals surface area contributed by atoms with Crippen LogP contribution in [0.2, 0.25) is 5.02 Å². The summed E-state index contributed by atoms with van der Waals surface area (Å²) in [6, 6.07) is 17.1. The van der Waals surface area contributed by atoms with E-state index in [1.165, 1.54) is 36.7 Å². The molecule has 5 rings (SSSR count). The van der Waals surface area contributed by atoms with E-state index < -0.39 is 21.5 Å². The van der Waals surface area contributed by atoms with E-state index in [0.717, 1.165) is 0 Å². The van der Waals surface area contributed by atoms with E-state index in [2.05, 4.69) is 14.7 Å². The maximum absolute atomic E-state index is 13.8. The molecule has 0 fully saturated rings. The van der Waals surface area contributed by atoms with Crippen LogP contribution in [0.3, 0.4) is 0 Å². The van der Waals surface area contributed by atoms with Crippen molar-refractivity contribution in [2.45, 2.75) is 11.4 Å². The lowest BCUT2D eigenvalue weighted by Gasteiger charge is -2.14. The second-order valence-corrected chi connectivity index (χ2v) is 10.6. The number of aromatic amines is 1. The van der Waals surface area contributed by atoms with Crippen molar-refractivity contribution in [3.63, 3.8) is 0 Å². The number of nitrogens with zero attached hydrogens (tertiary/aromatic N) is 2. The molecule has 1 amide bonds. The van der Waals surface area contributed by atoms with Gasteiger partial charge in [-0.05, 0) is 66.2 Å². The summed E-state index contributed by atoms with van der Waals surface area (Å²) in [5, 5.41) is 0.860. The molecule has 0 saturated carbocycles. The van der Waals surface area contributed by atoms with Crippen LogP contribution in [0.1, 0.15) is 16.1 Å². The molecular formula is C26H21ClN6O4S. The van der Waals surface area contributed by atoms with Gasteiger partial charge in [0.25, 0.3) is 21.5 Å². The molecule has 12 heteroatoms. The van der Waals surface area contributed by atoms with E-state index in [0.29, 0.717) is 21.5 Å². The highest BCUT2D eigenvalue weighted by Crippen LogP contribution is 2.36. The Morgan fingerprint density at radius 2 is 1.87 bits per heavy atom. The molecule has 0 aliphatic rings. The quantitative estimate of drug-likeness (QED) is 0.236. The zero-order valence-corrected chi connectivity index (χ0v) is 21.3. The van der Waals surface area contributed by atoms with E-state index >= 15 is 0 Å². The standard InChI is InChI=1S/C26H21ClN6O4S/c27-16-6-7-21-20(12-16)23(19-5-2-9-31-25(19)34)24(33(21)14-15-8-10-30-22(29)11-15)26(35)32-38(36,37)18-4-1-3-17(28)13-18/h1-13H,14,28H2,(H2,29,30)(H,31,34)(H,32,35). The Labute approximate surface area is 221 Å². The number of pyridine rings is 2. The number of rotatable bonds is 6. The molecule has 192 valence electrons. The van der Waals surface area contributed by atoms with E-state index in [-0.39, 0.29) is 39.8 Å². The van der Waals surface area contributed by atoms with Crippen LogP contribution in [0.25, 0.3) is 22.0 Å². The van der Waals surface area contributed by atoms with Crippen LogP contribution in [-0.4, -0.2) is 28.9 Å². The number of hydrogen-bond acceptors (Lipinski definition) is 7. The number of hydrogen-bond donors (Lipinski definition) is 4. The van der Waals surface area contributed by atoms with E-state index in [4.69, 9.17) is 23.1 Å². The second-order valence-electron chi connectivity index (χ2n) is 8.48. The molecule has 0 spiro atoms. The minimum Gasteiger partial charge on any atom is -0.399 e. The van der Waals surface area contributed by atoms with Crippen LogP contribution in [0.15, 0.2) is 88.8 Å². The minimum absolute atomic E-state index is 0.0539. The van der Waals surface area contributed by atoms with Gasteiger partial charge in [0.2, 0.25) is 0 Å². The number of benzene rings is 2. The monoisotopic (exact) mass is 548 g/mol. The molecule has 0 aliphatic carbocycles. The molecule has 0 saturated heterocycles. The zero-order valence-electron chi connectivity index (χ0n) is 19.7. The highest BCUT2D eigenvalue weighted by molar-refractivity contribution is 7.90. The van der Waals surface area contributed by atoms with Gasteiger partial charge in [-0.3, -0.25) is 9.59 Å². The van der Waals surface area contributed by atoms with Crippen LogP contribution < -0.4 is 21.7 Å². The van der Waals surface area contributed by atoms with Crippen molar-refractivity contribution in [3.8, 4) is 11.1 Å². The molecule has 6 N–H and O–H groups in total. The zero-order chi connectivity index (χ0) is 27.0. The Hall–Kier alpha value is -4.61. The van der Waals surface area contributed by atoms with Gasteiger partial charge in [-0.2, -0.15) is 0 Å². The highest BCUT2D eigenvalue weighted by atomic mass is 35.5. The normalized spacial score (nSPS) is 11.5. The van der Waals surface area contributed by atoms with Crippen LogP contribution >= 0.6 is 11.6 Å². The van der Waals surface area contributed by atoms with E-state index in [9.17, 15) is 18.0 Å². The lowest BCUT2D eigenvalue weighted by atomic mass is 10.0. The number of carbonyl (C=O) groups excluding carboxylic acids is 1. The minimum atomic E-state index is -4.32. The molecule has 0 atom stereocenters. The topological polar surface area (TPSA) is 166 Å². The van der Waals surface area contributed by atoms with Crippen LogP contribution in [0, 0.1) is 0 Å². The van der Waals surface area contributed by atoms with Crippen molar-refractivity contribution in [1.29, 1.82) is 0 Å². The summed E-state index contributed by atoms with van der Waals surface area (Å²) in [7, 11) is -4.32.